The standard InChI is InChI=1S/C14H17NO3/c16-9-13(18)11-3-5-12(6-4-11)14(15-10-17)7-1-2-8-14/h3-6,13,16,18H,1-2,7-9H2. The molecule has 1 aliphatic carbocycles. The Morgan fingerprint density at radius 3 is 2.39 bits per heavy atom. The van der Waals surface area contributed by atoms with Crippen LogP contribution in [-0.2, 0) is 10.3 Å². The summed E-state index contributed by atoms with van der Waals surface area (Å²) in [4.78, 5) is 14.6. The topological polar surface area (TPSA) is 69.9 Å². The van der Waals surface area contributed by atoms with Crippen molar-refractivity contribution in [3.63, 3.8) is 0 Å². The summed E-state index contributed by atoms with van der Waals surface area (Å²) in [7, 11) is 0. The van der Waals surface area contributed by atoms with E-state index < -0.39 is 11.6 Å². The highest BCUT2D eigenvalue weighted by molar-refractivity contribution is 5.39. The van der Waals surface area contributed by atoms with Gasteiger partial charge in [-0.25, -0.2) is 4.79 Å². The van der Waals surface area contributed by atoms with Gasteiger partial charge in [-0.05, 0) is 24.0 Å². The van der Waals surface area contributed by atoms with Crippen molar-refractivity contribution in [2.24, 2.45) is 4.99 Å². The van der Waals surface area contributed by atoms with Crippen molar-refractivity contribution in [2.75, 3.05) is 6.61 Å². The summed E-state index contributed by atoms with van der Waals surface area (Å²) in [5.41, 5.74) is 1.23. The van der Waals surface area contributed by atoms with E-state index in [1.807, 2.05) is 12.1 Å². The molecule has 4 heteroatoms. The number of rotatable bonds is 4. The average Bonchev–Trinajstić information content (AvgIpc) is 2.88. The van der Waals surface area contributed by atoms with E-state index in [0.717, 1.165) is 31.2 Å². The number of nitrogens with zero attached hydrogens (tertiary/aromatic N) is 1. The van der Waals surface area contributed by atoms with Crippen LogP contribution in [0.3, 0.4) is 0 Å². The third-order valence-corrected chi connectivity index (χ3v) is 3.70. The fourth-order valence-corrected chi connectivity index (χ4v) is 2.63. The van der Waals surface area contributed by atoms with Crippen LogP contribution in [0.4, 0.5) is 0 Å². The van der Waals surface area contributed by atoms with Gasteiger partial charge in [0.25, 0.3) is 0 Å². The van der Waals surface area contributed by atoms with Gasteiger partial charge in [0.05, 0.1) is 12.1 Å². The molecule has 1 unspecified atom stereocenters. The molecule has 1 saturated carbocycles. The smallest absolute Gasteiger partial charge is 0.235 e. The van der Waals surface area contributed by atoms with Gasteiger partial charge in [-0.2, -0.15) is 4.99 Å². The normalized spacial score (nSPS) is 19.2. The molecule has 1 atom stereocenters. The van der Waals surface area contributed by atoms with Crippen molar-refractivity contribution in [1.82, 2.24) is 0 Å². The van der Waals surface area contributed by atoms with Gasteiger partial charge < -0.3 is 10.2 Å². The quantitative estimate of drug-likeness (QED) is 0.629. The molecule has 2 N–H and O–H groups in total. The van der Waals surface area contributed by atoms with Gasteiger partial charge in [-0.1, -0.05) is 37.1 Å². The van der Waals surface area contributed by atoms with Crippen LogP contribution in [0.25, 0.3) is 0 Å². The first-order chi connectivity index (χ1) is 8.72. The first-order valence-corrected chi connectivity index (χ1v) is 6.20. The summed E-state index contributed by atoms with van der Waals surface area (Å²) in [5, 5.41) is 18.4. The van der Waals surface area contributed by atoms with E-state index in [4.69, 9.17) is 5.11 Å². The van der Waals surface area contributed by atoms with E-state index in [-0.39, 0.29) is 6.61 Å². The molecule has 0 bridgehead atoms. The third kappa shape index (κ3) is 2.36. The van der Waals surface area contributed by atoms with Crippen LogP contribution in [0.1, 0.15) is 42.9 Å². The minimum absolute atomic E-state index is 0.295. The summed E-state index contributed by atoms with van der Waals surface area (Å²) in [5.74, 6) is 0. The van der Waals surface area contributed by atoms with Crippen LogP contribution in [0.15, 0.2) is 29.3 Å². The van der Waals surface area contributed by atoms with E-state index in [1.54, 1.807) is 18.2 Å². The second kappa shape index (κ2) is 5.44. The Balaban J connectivity index is 2.30. The van der Waals surface area contributed by atoms with Crippen molar-refractivity contribution in [2.45, 2.75) is 37.3 Å². The molecule has 1 aliphatic rings. The van der Waals surface area contributed by atoms with Gasteiger partial charge in [-0.3, -0.25) is 0 Å². The van der Waals surface area contributed by atoms with Crippen molar-refractivity contribution < 1.29 is 15.0 Å². The van der Waals surface area contributed by atoms with E-state index in [2.05, 4.69) is 4.99 Å². The summed E-state index contributed by atoms with van der Waals surface area (Å²) in [6.45, 7) is -0.295. The highest BCUT2D eigenvalue weighted by Crippen LogP contribution is 2.42. The molecule has 4 nitrogen and oxygen atoms in total. The first-order valence-electron chi connectivity index (χ1n) is 6.20. The van der Waals surface area contributed by atoms with Crippen LogP contribution < -0.4 is 0 Å². The van der Waals surface area contributed by atoms with Crippen molar-refractivity contribution in [1.29, 1.82) is 0 Å². The Kier molecular flexibility index (Phi) is 3.92. The molecule has 0 aliphatic heterocycles. The average molecular weight is 247 g/mol. The van der Waals surface area contributed by atoms with Gasteiger partial charge in [-0.15, -0.1) is 0 Å². The van der Waals surface area contributed by atoms with Crippen LogP contribution in [0.5, 0.6) is 0 Å². The molecule has 0 amide bonds. The van der Waals surface area contributed by atoms with E-state index >= 15 is 0 Å². The zero-order valence-corrected chi connectivity index (χ0v) is 10.2. The van der Waals surface area contributed by atoms with E-state index in [0.29, 0.717) is 5.56 Å². The molecule has 0 heterocycles. The van der Waals surface area contributed by atoms with Gasteiger partial charge in [0.15, 0.2) is 0 Å². The molecule has 0 radical (unpaired) electrons. The number of isocyanates is 1. The minimum atomic E-state index is -0.854. The third-order valence-electron chi connectivity index (χ3n) is 3.70. The van der Waals surface area contributed by atoms with Crippen LogP contribution in [0, 0.1) is 0 Å². The highest BCUT2D eigenvalue weighted by atomic mass is 16.3. The largest absolute Gasteiger partial charge is 0.393 e. The predicted octanol–water partition coefficient (Wildman–Crippen LogP) is 1.82. The Morgan fingerprint density at radius 2 is 1.89 bits per heavy atom. The lowest BCUT2D eigenvalue weighted by Gasteiger charge is -2.23. The second-order valence-corrected chi connectivity index (χ2v) is 4.76. The monoisotopic (exact) mass is 247 g/mol. The maximum absolute atomic E-state index is 10.6. The highest BCUT2D eigenvalue weighted by Gasteiger charge is 2.35. The Labute approximate surface area is 106 Å². The Bertz CT molecular complexity index is 443. The first kappa shape index (κ1) is 13.0. The molecule has 0 saturated heterocycles. The number of hydrogen-bond donors (Lipinski definition) is 2. The van der Waals surface area contributed by atoms with Crippen molar-refractivity contribution >= 4 is 6.08 Å². The summed E-state index contributed by atoms with van der Waals surface area (Å²) in [6, 6.07) is 7.30. The zero-order valence-electron chi connectivity index (χ0n) is 10.2. The number of aliphatic hydroxyl groups excluding tert-OH is 2. The van der Waals surface area contributed by atoms with Gasteiger partial charge in [0, 0.05) is 0 Å². The second-order valence-electron chi connectivity index (χ2n) is 4.76. The van der Waals surface area contributed by atoms with Gasteiger partial charge in [0.1, 0.15) is 6.10 Å². The lowest BCUT2D eigenvalue weighted by atomic mass is 9.88. The van der Waals surface area contributed by atoms with Crippen LogP contribution in [0.2, 0.25) is 0 Å². The molecule has 1 fully saturated rings. The van der Waals surface area contributed by atoms with Crippen molar-refractivity contribution in [3.8, 4) is 0 Å². The molecule has 1 aromatic rings. The SMILES string of the molecule is O=C=NC1(c2ccc(C(O)CO)cc2)CCCC1. The summed E-state index contributed by atoms with van der Waals surface area (Å²) < 4.78 is 0. The molecule has 1 aromatic carbocycles. The number of aliphatic hydroxyl groups is 2. The molecule has 0 spiro atoms. The molecular weight excluding hydrogens is 230 g/mol. The lowest BCUT2D eigenvalue weighted by Crippen LogP contribution is -2.19. The van der Waals surface area contributed by atoms with E-state index in [1.165, 1.54) is 0 Å². The fourth-order valence-electron chi connectivity index (χ4n) is 2.63. The zero-order chi connectivity index (χ0) is 13.0. The molecule has 0 aromatic heterocycles. The number of hydrogen-bond acceptors (Lipinski definition) is 4. The molecule has 96 valence electrons. The van der Waals surface area contributed by atoms with Crippen LogP contribution >= 0.6 is 0 Å². The van der Waals surface area contributed by atoms with Crippen molar-refractivity contribution in [3.05, 3.63) is 35.4 Å². The van der Waals surface area contributed by atoms with E-state index in [9.17, 15) is 9.90 Å². The minimum Gasteiger partial charge on any atom is -0.393 e. The summed E-state index contributed by atoms with van der Waals surface area (Å²) >= 11 is 0. The number of aliphatic imine (C=N–C) groups is 1. The Hall–Kier alpha value is -1.48. The maximum Gasteiger partial charge on any atom is 0.235 e. The van der Waals surface area contributed by atoms with Gasteiger partial charge >= 0.3 is 0 Å². The number of carbonyl (C=O) groups excluding carboxylic acids is 1. The predicted molar refractivity (Wildman–Crippen MR) is 66.8 cm³/mol. The lowest BCUT2D eigenvalue weighted by molar-refractivity contribution is 0.0956. The van der Waals surface area contributed by atoms with Crippen LogP contribution in [-0.4, -0.2) is 22.9 Å². The maximum atomic E-state index is 10.6. The molecule has 18 heavy (non-hydrogen) atoms. The molecular formula is C14H17NO3. The molecule has 2 rings (SSSR count). The Morgan fingerprint density at radius 1 is 1.28 bits per heavy atom. The number of benzene rings is 1. The van der Waals surface area contributed by atoms with Gasteiger partial charge in [0.2, 0.25) is 6.08 Å². The fraction of sp³-hybridized carbons (Fsp3) is 0.500. The summed E-state index contributed by atoms with van der Waals surface area (Å²) in [6.07, 6.45) is 4.68.